The van der Waals surface area contributed by atoms with Crippen LogP contribution in [0.5, 0.6) is 0 Å². The predicted octanol–water partition coefficient (Wildman–Crippen LogP) is 1.17. The molecule has 0 aromatic heterocycles. The van der Waals surface area contributed by atoms with Crippen LogP contribution in [0.2, 0.25) is 0 Å². The average molecular weight is 276 g/mol. The first-order valence-electron chi connectivity index (χ1n) is 4.95. The zero-order valence-corrected chi connectivity index (χ0v) is 10.7. The monoisotopic (exact) mass is 276 g/mol. The van der Waals surface area contributed by atoms with Gasteiger partial charge in [0.2, 0.25) is 10.0 Å². The number of nitrogens with two attached hydrogens (primary N) is 1. The molecular formula is C10H13FN2O2S2. The standard InChI is InChI=1S/C10H13FN2O2S2/c11-8-3-5-9(6-4-8)17(14,15)13-7-1-2-10(12)16/h3-6,13H,1-2,7H2,(H2,12,16). The summed E-state index contributed by atoms with van der Waals surface area (Å²) in [6.07, 6.45) is 1.02. The van der Waals surface area contributed by atoms with Crippen molar-refractivity contribution in [3.05, 3.63) is 30.1 Å². The second-order valence-corrected chi connectivity index (χ2v) is 5.71. The summed E-state index contributed by atoms with van der Waals surface area (Å²) in [5.41, 5.74) is 5.28. The van der Waals surface area contributed by atoms with Crippen LogP contribution < -0.4 is 10.5 Å². The van der Waals surface area contributed by atoms with E-state index >= 15 is 0 Å². The molecule has 0 unspecified atom stereocenters. The highest BCUT2D eigenvalue weighted by molar-refractivity contribution is 7.89. The molecule has 0 spiro atoms. The Balaban J connectivity index is 2.57. The van der Waals surface area contributed by atoms with Crippen molar-refractivity contribution in [1.29, 1.82) is 0 Å². The van der Waals surface area contributed by atoms with Crippen LogP contribution in [-0.4, -0.2) is 20.0 Å². The van der Waals surface area contributed by atoms with E-state index in [2.05, 4.69) is 16.9 Å². The molecule has 1 aromatic rings. The van der Waals surface area contributed by atoms with Crippen molar-refractivity contribution in [1.82, 2.24) is 4.72 Å². The van der Waals surface area contributed by atoms with Crippen LogP contribution in [0.3, 0.4) is 0 Å². The summed E-state index contributed by atoms with van der Waals surface area (Å²) in [5.74, 6) is -0.475. The smallest absolute Gasteiger partial charge is 0.240 e. The Labute approximate surface area is 105 Å². The molecule has 4 nitrogen and oxygen atoms in total. The number of rotatable bonds is 6. The molecule has 0 atom stereocenters. The number of nitrogens with one attached hydrogen (secondary N) is 1. The fourth-order valence-electron chi connectivity index (χ4n) is 1.17. The molecule has 17 heavy (non-hydrogen) atoms. The maximum absolute atomic E-state index is 12.6. The van der Waals surface area contributed by atoms with Crippen LogP contribution in [0.4, 0.5) is 4.39 Å². The van der Waals surface area contributed by atoms with E-state index < -0.39 is 15.8 Å². The zero-order chi connectivity index (χ0) is 12.9. The molecule has 94 valence electrons. The second-order valence-electron chi connectivity index (χ2n) is 3.42. The first-order valence-corrected chi connectivity index (χ1v) is 6.84. The third-order valence-electron chi connectivity index (χ3n) is 2.02. The fraction of sp³-hybridized carbons (Fsp3) is 0.300. The van der Waals surface area contributed by atoms with Gasteiger partial charge in [-0.25, -0.2) is 17.5 Å². The molecule has 0 heterocycles. The minimum atomic E-state index is -3.58. The lowest BCUT2D eigenvalue weighted by Gasteiger charge is -2.06. The van der Waals surface area contributed by atoms with Gasteiger partial charge in [-0.3, -0.25) is 0 Å². The maximum atomic E-state index is 12.6. The van der Waals surface area contributed by atoms with E-state index in [4.69, 9.17) is 5.73 Å². The van der Waals surface area contributed by atoms with Crippen LogP contribution in [0.1, 0.15) is 12.8 Å². The first-order chi connectivity index (χ1) is 7.92. The predicted molar refractivity (Wildman–Crippen MR) is 67.6 cm³/mol. The maximum Gasteiger partial charge on any atom is 0.240 e. The molecule has 7 heteroatoms. The summed E-state index contributed by atoms with van der Waals surface area (Å²) < 4.78 is 38.4. The largest absolute Gasteiger partial charge is 0.393 e. The Morgan fingerprint density at radius 3 is 2.47 bits per heavy atom. The molecule has 0 aliphatic heterocycles. The topological polar surface area (TPSA) is 72.2 Å². The lowest BCUT2D eigenvalue weighted by atomic mass is 10.3. The van der Waals surface area contributed by atoms with Gasteiger partial charge in [0.1, 0.15) is 5.82 Å². The minimum Gasteiger partial charge on any atom is -0.393 e. The SMILES string of the molecule is NC(=S)CCCNS(=O)(=O)c1ccc(F)cc1. The fourth-order valence-corrected chi connectivity index (χ4v) is 2.38. The van der Waals surface area contributed by atoms with Crippen molar-refractivity contribution in [3.8, 4) is 0 Å². The van der Waals surface area contributed by atoms with E-state index in [1.807, 2.05) is 0 Å². The van der Waals surface area contributed by atoms with Gasteiger partial charge in [-0.15, -0.1) is 0 Å². The van der Waals surface area contributed by atoms with Gasteiger partial charge in [-0.2, -0.15) is 0 Å². The molecule has 1 rings (SSSR count). The average Bonchev–Trinajstić information content (AvgIpc) is 2.25. The number of benzene rings is 1. The lowest BCUT2D eigenvalue weighted by Crippen LogP contribution is -2.25. The third kappa shape index (κ3) is 4.76. The van der Waals surface area contributed by atoms with Crippen molar-refractivity contribution in [3.63, 3.8) is 0 Å². The van der Waals surface area contributed by atoms with Crippen LogP contribution in [0.15, 0.2) is 29.2 Å². The van der Waals surface area contributed by atoms with E-state index in [1.165, 1.54) is 12.1 Å². The molecule has 0 saturated carbocycles. The Morgan fingerprint density at radius 1 is 1.35 bits per heavy atom. The van der Waals surface area contributed by atoms with E-state index in [-0.39, 0.29) is 11.4 Å². The Morgan fingerprint density at radius 2 is 1.94 bits per heavy atom. The summed E-state index contributed by atoms with van der Waals surface area (Å²) in [6.45, 7) is 0.247. The van der Waals surface area contributed by atoms with Gasteiger partial charge in [0.15, 0.2) is 0 Å². The van der Waals surface area contributed by atoms with Gasteiger partial charge in [0, 0.05) is 6.54 Å². The van der Waals surface area contributed by atoms with Crippen molar-refractivity contribution in [2.75, 3.05) is 6.54 Å². The molecule has 0 bridgehead atoms. The molecule has 0 aliphatic carbocycles. The van der Waals surface area contributed by atoms with E-state index in [9.17, 15) is 12.8 Å². The van der Waals surface area contributed by atoms with Gasteiger partial charge < -0.3 is 5.73 Å². The summed E-state index contributed by atoms with van der Waals surface area (Å²) in [5, 5.41) is 0. The van der Waals surface area contributed by atoms with E-state index in [0.29, 0.717) is 17.8 Å². The summed E-state index contributed by atoms with van der Waals surface area (Å²) >= 11 is 4.67. The molecule has 0 saturated heterocycles. The van der Waals surface area contributed by atoms with Crippen LogP contribution in [0, 0.1) is 5.82 Å². The lowest BCUT2D eigenvalue weighted by molar-refractivity contribution is 0.579. The van der Waals surface area contributed by atoms with Crippen LogP contribution in [-0.2, 0) is 10.0 Å². The quantitative estimate of drug-likeness (QED) is 0.604. The van der Waals surface area contributed by atoms with E-state index in [0.717, 1.165) is 12.1 Å². The van der Waals surface area contributed by atoms with Gasteiger partial charge in [-0.05, 0) is 37.1 Å². The number of hydrogen-bond acceptors (Lipinski definition) is 3. The van der Waals surface area contributed by atoms with Crippen molar-refractivity contribution < 1.29 is 12.8 Å². The summed E-state index contributed by atoms with van der Waals surface area (Å²) in [6, 6.07) is 4.63. The van der Waals surface area contributed by atoms with E-state index in [1.54, 1.807) is 0 Å². The molecule has 3 N–H and O–H groups in total. The number of sulfonamides is 1. The van der Waals surface area contributed by atoms with Gasteiger partial charge in [-0.1, -0.05) is 12.2 Å². The van der Waals surface area contributed by atoms with Crippen molar-refractivity contribution in [2.24, 2.45) is 5.73 Å². The Hall–Kier alpha value is -1.05. The molecular weight excluding hydrogens is 263 g/mol. The Kier molecular flexibility index (Phi) is 4.98. The number of thiocarbonyl (C=S) groups is 1. The highest BCUT2D eigenvalue weighted by Gasteiger charge is 2.12. The summed E-state index contributed by atoms with van der Waals surface area (Å²) in [7, 11) is -3.58. The Bertz CT molecular complexity index is 486. The van der Waals surface area contributed by atoms with Crippen molar-refractivity contribution in [2.45, 2.75) is 17.7 Å². The van der Waals surface area contributed by atoms with Gasteiger partial charge in [0.25, 0.3) is 0 Å². The third-order valence-corrected chi connectivity index (χ3v) is 3.70. The number of halogens is 1. The summed E-state index contributed by atoms with van der Waals surface area (Å²) in [4.78, 5) is 0.389. The highest BCUT2D eigenvalue weighted by Crippen LogP contribution is 2.09. The highest BCUT2D eigenvalue weighted by atomic mass is 32.2. The zero-order valence-electron chi connectivity index (χ0n) is 9.02. The molecule has 1 aromatic carbocycles. The second kappa shape index (κ2) is 6.04. The minimum absolute atomic E-state index is 0.0363. The molecule has 0 amide bonds. The molecule has 0 radical (unpaired) electrons. The van der Waals surface area contributed by atoms with Crippen LogP contribution in [0.25, 0.3) is 0 Å². The normalized spacial score (nSPS) is 11.4. The number of hydrogen-bond donors (Lipinski definition) is 2. The first kappa shape index (κ1) is 14.0. The van der Waals surface area contributed by atoms with Crippen molar-refractivity contribution >= 4 is 27.2 Å². The molecule has 0 aliphatic rings. The van der Waals surface area contributed by atoms with Crippen LogP contribution >= 0.6 is 12.2 Å². The van der Waals surface area contributed by atoms with Gasteiger partial charge >= 0.3 is 0 Å². The van der Waals surface area contributed by atoms with Gasteiger partial charge in [0.05, 0.1) is 9.88 Å². The molecule has 0 fully saturated rings.